The summed E-state index contributed by atoms with van der Waals surface area (Å²) in [6, 6.07) is 17.3. The normalized spacial score (nSPS) is 11.2. The molecule has 4 nitrogen and oxygen atoms in total. The first-order valence-electron chi connectivity index (χ1n) is 7.55. The third-order valence-corrected chi connectivity index (χ3v) is 4.66. The van der Waals surface area contributed by atoms with E-state index in [4.69, 9.17) is 11.6 Å². The van der Waals surface area contributed by atoms with Gasteiger partial charge in [0, 0.05) is 35.7 Å². The maximum absolute atomic E-state index is 9.46. The lowest BCUT2D eigenvalue weighted by Crippen LogP contribution is -2.07. The van der Waals surface area contributed by atoms with Crippen molar-refractivity contribution in [3.63, 3.8) is 0 Å². The summed E-state index contributed by atoms with van der Waals surface area (Å²) in [7, 11) is 3.96. The van der Waals surface area contributed by atoms with E-state index in [0.29, 0.717) is 15.7 Å². The summed E-state index contributed by atoms with van der Waals surface area (Å²) in [4.78, 5) is 11.0. The van der Waals surface area contributed by atoms with Crippen LogP contribution < -0.4 is 4.90 Å². The van der Waals surface area contributed by atoms with Crippen molar-refractivity contribution in [3.05, 3.63) is 63.9 Å². The van der Waals surface area contributed by atoms with Crippen molar-refractivity contribution in [1.82, 2.24) is 4.98 Å². The second-order valence-corrected chi connectivity index (χ2v) is 6.82. The molecule has 0 aliphatic rings. The molecule has 0 atom stereocenters. The quantitative estimate of drug-likeness (QED) is 0.598. The van der Waals surface area contributed by atoms with Gasteiger partial charge in [-0.05, 0) is 36.4 Å². The minimum absolute atomic E-state index is 0.308. The molecule has 0 saturated heterocycles. The van der Waals surface area contributed by atoms with Crippen LogP contribution in [0.4, 0.5) is 11.4 Å². The summed E-state index contributed by atoms with van der Waals surface area (Å²) in [5.41, 5.74) is 3.88. The van der Waals surface area contributed by atoms with Crippen LogP contribution in [0.15, 0.2) is 58.9 Å². The van der Waals surface area contributed by atoms with Crippen molar-refractivity contribution in [1.29, 1.82) is 5.26 Å². The standard InChI is InChI=1S/C19H15ClN4S/c1-24(2)16-9-7-15(8-10-16)22-17(11-21)19-23-18(12-25-19)13-3-5-14(20)6-4-13/h3-10,12H,1-2H3. The Hall–Kier alpha value is -2.68. The predicted octanol–water partition coefficient (Wildman–Crippen LogP) is 5.17. The number of aliphatic imine (C=N–C) groups is 1. The maximum atomic E-state index is 9.46. The zero-order valence-electron chi connectivity index (χ0n) is 13.8. The van der Waals surface area contributed by atoms with Gasteiger partial charge in [0.1, 0.15) is 6.07 Å². The third-order valence-electron chi connectivity index (χ3n) is 3.56. The molecule has 6 heteroatoms. The minimum atomic E-state index is 0.308. The van der Waals surface area contributed by atoms with Gasteiger partial charge in [-0.25, -0.2) is 9.98 Å². The van der Waals surface area contributed by atoms with Crippen LogP contribution in [0, 0.1) is 11.3 Å². The molecule has 0 spiro atoms. The molecule has 0 aliphatic carbocycles. The van der Waals surface area contributed by atoms with Crippen LogP contribution in [0.1, 0.15) is 5.01 Å². The number of nitriles is 1. The molecule has 0 radical (unpaired) electrons. The van der Waals surface area contributed by atoms with E-state index < -0.39 is 0 Å². The number of halogens is 1. The van der Waals surface area contributed by atoms with E-state index in [9.17, 15) is 5.26 Å². The van der Waals surface area contributed by atoms with Crippen molar-refractivity contribution in [2.45, 2.75) is 0 Å². The second kappa shape index (κ2) is 7.47. The molecule has 1 aromatic heterocycles. The highest BCUT2D eigenvalue weighted by atomic mass is 35.5. The van der Waals surface area contributed by atoms with Gasteiger partial charge in [0.05, 0.1) is 11.4 Å². The van der Waals surface area contributed by atoms with Crippen molar-refractivity contribution in [2.24, 2.45) is 4.99 Å². The molecule has 0 unspecified atom stereocenters. The van der Waals surface area contributed by atoms with Crippen LogP contribution in [0.5, 0.6) is 0 Å². The van der Waals surface area contributed by atoms with Crippen molar-refractivity contribution < 1.29 is 0 Å². The molecule has 0 amide bonds. The highest BCUT2D eigenvalue weighted by Gasteiger charge is 2.10. The van der Waals surface area contributed by atoms with E-state index in [1.807, 2.05) is 72.9 Å². The SMILES string of the molecule is CN(C)c1ccc(N=C(C#N)c2nc(-c3ccc(Cl)cc3)cs2)cc1. The van der Waals surface area contributed by atoms with E-state index in [2.05, 4.69) is 16.0 Å². The topological polar surface area (TPSA) is 52.3 Å². The Kier molecular flexibility index (Phi) is 5.13. The Balaban J connectivity index is 1.88. The molecular weight excluding hydrogens is 352 g/mol. The fourth-order valence-electron chi connectivity index (χ4n) is 2.21. The molecule has 124 valence electrons. The van der Waals surface area contributed by atoms with Gasteiger partial charge in [-0.3, -0.25) is 0 Å². The van der Waals surface area contributed by atoms with Gasteiger partial charge in [0.15, 0.2) is 10.7 Å². The van der Waals surface area contributed by atoms with Crippen LogP contribution in [0.25, 0.3) is 11.3 Å². The Labute approximate surface area is 155 Å². The highest BCUT2D eigenvalue weighted by molar-refractivity contribution is 7.12. The Morgan fingerprint density at radius 3 is 2.40 bits per heavy atom. The van der Waals surface area contributed by atoms with E-state index in [1.165, 1.54) is 11.3 Å². The lowest BCUT2D eigenvalue weighted by atomic mass is 10.2. The molecule has 0 aliphatic heterocycles. The van der Waals surface area contributed by atoms with Gasteiger partial charge >= 0.3 is 0 Å². The largest absolute Gasteiger partial charge is 0.378 e. The summed E-state index contributed by atoms with van der Waals surface area (Å²) in [5, 5.41) is 12.7. The number of thiazole rings is 1. The van der Waals surface area contributed by atoms with Crippen LogP contribution >= 0.6 is 22.9 Å². The van der Waals surface area contributed by atoms with E-state index in [-0.39, 0.29) is 0 Å². The molecule has 3 rings (SSSR count). The van der Waals surface area contributed by atoms with Gasteiger partial charge in [-0.15, -0.1) is 11.3 Å². The van der Waals surface area contributed by atoms with Gasteiger partial charge in [0.2, 0.25) is 0 Å². The Morgan fingerprint density at radius 2 is 1.80 bits per heavy atom. The van der Waals surface area contributed by atoms with E-state index in [1.54, 1.807) is 0 Å². The summed E-state index contributed by atoms with van der Waals surface area (Å²) in [5.74, 6) is 0. The van der Waals surface area contributed by atoms with E-state index >= 15 is 0 Å². The number of nitrogens with zero attached hydrogens (tertiary/aromatic N) is 4. The first kappa shape index (κ1) is 17.2. The average molecular weight is 367 g/mol. The minimum Gasteiger partial charge on any atom is -0.378 e. The molecule has 25 heavy (non-hydrogen) atoms. The zero-order chi connectivity index (χ0) is 17.8. The van der Waals surface area contributed by atoms with Crippen molar-refractivity contribution in [3.8, 4) is 17.3 Å². The Morgan fingerprint density at radius 1 is 1.12 bits per heavy atom. The lowest BCUT2D eigenvalue weighted by molar-refractivity contribution is 1.13. The van der Waals surface area contributed by atoms with Gasteiger partial charge < -0.3 is 4.90 Å². The van der Waals surface area contributed by atoms with Crippen LogP contribution in [-0.4, -0.2) is 24.8 Å². The number of anilines is 1. The van der Waals surface area contributed by atoms with E-state index in [0.717, 1.165) is 22.6 Å². The number of hydrogen-bond donors (Lipinski definition) is 0. The van der Waals surface area contributed by atoms with Gasteiger partial charge in [0.25, 0.3) is 0 Å². The highest BCUT2D eigenvalue weighted by Crippen LogP contribution is 2.25. The van der Waals surface area contributed by atoms with Crippen LogP contribution in [0.2, 0.25) is 5.02 Å². The first-order chi connectivity index (χ1) is 12.1. The average Bonchev–Trinajstić information content (AvgIpc) is 3.10. The monoisotopic (exact) mass is 366 g/mol. The van der Waals surface area contributed by atoms with Gasteiger partial charge in [-0.1, -0.05) is 23.7 Å². The predicted molar refractivity (Wildman–Crippen MR) is 105 cm³/mol. The fourth-order valence-corrected chi connectivity index (χ4v) is 3.10. The molecule has 1 heterocycles. The lowest BCUT2D eigenvalue weighted by Gasteiger charge is -2.11. The molecule has 2 aromatic carbocycles. The zero-order valence-corrected chi connectivity index (χ0v) is 15.3. The maximum Gasteiger partial charge on any atom is 0.177 e. The number of rotatable bonds is 4. The Bertz CT molecular complexity index is 935. The second-order valence-electron chi connectivity index (χ2n) is 5.53. The molecule has 0 N–H and O–H groups in total. The molecular formula is C19H15ClN4S. The summed E-state index contributed by atoms with van der Waals surface area (Å²) in [6.45, 7) is 0. The van der Waals surface area contributed by atoms with Crippen LogP contribution in [-0.2, 0) is 0 Å². The number of hydrogen-bond acceptors (Lipinski definition) is 5. The summed E-state index contributed by atoms with van der Waals surface area (Å²) >= 11 is 7.32. The summed E-state index contributed by atoms with van der Waals surface area (Å²) in [6.07, 6.45) is 0. The molecule has 3 aromatic rings. The third kappa shape index (κ3) is 4.05. The van der Waals surface area contributed by atoms with Crippen molar-refractivity contribution in [2.75, 3.05) is 19.0 Å². The van der Waals surface area contributed by atoms with Crippen molar-refractivity contribution >= 4 is 40.0 Å². The summed E-state index contributed by atoms with van der Waals surface area (Å²) < 4.78 is 0. The fraction of sp³-hybridized carbons (Fsp3) is 0.105. The number of aromatic nitrogens is 1. The van der Waals surface area contributed by atoms with Gasteiger partial charge in [-0.2, -0.15) is 5.26 Å². The molecule has 0 bridgehead atoms. The number of benzene rings is 2. The molecule has 0 fully saturated rings. The first-order valence-corrected chi connectivity index (χ1v) is 8.80. The molecule has 0 saturated carbocycles. The van der Waals surface area contributed by atoms with Crippen LogP contribution in [0.3, 0.4) is 0 Å². The smallest absolute Gasteiger partial charge is 0.177 e.